The van der Waals surface area contributed by atoms with Crippen LogP contribution in [0.15, 0.2) is 30.3 Å². The maximum Gasteiger partial charge on any atom is 0.451 e. The number of hydrogen-bond acceptors (Lipinski definition) is 3. The van der Waals surface area contributed by atoms with Crippen LogP contribution in [0.2, 0.25) is 0 Å². The zero-order chi connectivity index (χ0) is 14.3. The van der Waals surface area contributed by atoms with Gasteiger partial charge in [-0.2, -0.15) is 22.9 Å². The number of alkyl halides is 3. The summed E-state index contributed by atoms with van der Waals surface area (Å²) in [6.45, 7) is 0. The van der Waals surface area contributed by atoms with Gasteiger partial charge in [-0.05, 0) is 12.8 Å². The fraction of sp³-hybridized carbons (Fsp3) is 0.571. The van der Waals surface area contributed by atoms with Gasteiger partial charge in [0.05, 0.1) is 0 Å². The van der Waals surface area contributed by atoms with E-state index < -0.39 is 17.8 Å². The number of ether oxygens (including phenoxy) is 1. The minimum absolute atomic E-state index is 0.102. The molecule has 3 rings (SSSR count). The van der Waals surface area contributed by atoms with Gasteiger partial charge in [-0.1, -0.05) is 36.8 Å². The van der Waals surface area contributed by atoms with E-state index in [0.29, 0.717) is 12.8 Å². The molecule has 1 aromatic rings. The molecule has 1 saturated carbocycles. The van der Waals surface area contributed by atoms with Crippen LogP contribution in [0.4, 0.5) is 13.2 Å². The van der Waals surface area contributed by atoms with Crippen LogP contribution >= 0.6 is 0 Å². The van der Waals surface area contributed by atoms with Crippen molar-refractivity contribution in [1.29, 1.82) is 0 Å². The Morgan fingerprint density at radius 3 is 2.15 bits per heavy atom. The first-order chi connectivity index (χ1) is 9.48. The second-order valence-electron chi connectivity index (χ2n) is 5.22. The lowest BCUT2D eigenvalue weighted by Crippen LogP contribution is -2.46. The van der Waals surface area contributed by atoms with Crippen LogP contribution in [-0.2, 0) is 20.3 Å². The van der Waals surface area contributed by atoms with Crippen molar-refractivity contribution in [3.05, 3.63) is 35.9 Å². The van der Waals surface area contributed by atoms with Gasteiger partial charge in [-0.3, -0.25) is 0 Å². The molecule has 110 valence electrons. The van der Waals surface area contributed by atoms with E-state index in [9.17, 15) is 13.2 Å². The first-order valence-electron chi connectivity index (χ1n) is 6.67. The SMILES string of the molecule is FC(F)(F)C1(c2ccccc2)OOC2(CCCCC2)O1. The lowest BCUT2D eigenvalue weighted by Gasteiger charge is -2.32. The van der Waals surface area contributed by atoms with Gasteiger partial charge in [0, 0.05) is 18.4 Å². The lowest BCUT2D eigenvalue weighted by molar-refractivity contribution is -0.421. The molecule has 3 nitrogen and oxygen atoms in total. The third-order valence-corrected chi connectivity index (χ3v) is 3.78. The Labute approximate surface area is 114 Å². The van der Waals surface area contributed by atoms with Crippen molar-refractivity contribution in [2.24, 2.45) is 0 Å². The van der Waals surface area contributed by atoms with Gasteiger partial charge in [0.25, 0.3) is 0 Å². The highest BCUT2D eigenvalue weighted by molar-refractivity contribution is 5.22. The summed E-state index contributed by atoms with van der Waals surface area (Å²) in [6.07, 6.45) is -1.37. The predicted octanol–water partition coefficient (Wildman–Crippen LogP) is 4.04. The van der Waals surface area contributed by atoms with E-state index in [1.165, 1.54) is 24.3 Å². The van der Waals surface area contributed by atoms with Gasteiger partial charge < -0.3 is 4.74 Å². The minimum Gasteiger partial charge on any atom is -0.301 e. The first kappa shape index (κ1) is 13.9. The normalized spacial score (nSPS) is 29.8. The molecule has 0 bridgehead atoms. The summed E-state index contributed by atoms with van der Waals surface area (Å²) < 4.78 is 45.9. The van der Waals surface area contributed by atoms with E-state index in [2.05, 4.69) is 0 Å². The maximum atomic E-state index is 13.5. The summed E-state index contributed by atoms with van der Waals surface area (Å²) in [6, 6.07) is 7.33. The third-order valence-electron chi connectivity index (χ3n) is 3.78. The van der Waals surface area contributed by atoms with Crippen molar-refractivity contribution in [3.8, 4) is 0 Å². The molecule has 0 amide bonds. The molecule has 1 saturated heterocycles. The standard InChI is InChI=1S/C14H15F3O3/c15-14(16,17)13(11-7-3-1-4-8-11)18-12(19-20-13)9-5-2-6-10-12/h1,3-4,7-8H,2,5-6,9-10H2. The number of halogens is 3. The second-order valence-corrected chi connectivity index (χ2v) is 5.22. The molecule has 1 aliphatic carbocycles. The van der Waals surface area contributed by atoms with E-state index in [-0.39, 0.29) is 5.56 Å². The van der Waals surface area contributed by atoms with Crippen LogP contribution in [0.5, 0.6) is 0 Å². The summed E-state index contributed by atoms with van der Waals surface area (Å²) in [4.78, 5) is 9.77. The number of rotatable bonds is 1. The Kier molecular flexibility index (Phi) is 3.27. The largest absolute Gasteiger partial charge is 0.451 e. The van der Waals surface area contributed by atoms with Crippen molar-refractivity contribution in [2.75, 3.05) is 0 Å². The summed E-state index contributed by atoms with van der Waals surface area (Å²) in [5.74, 6) is -4.10. The Morgan fingerprint density at radius 2 is 1.55 bits per heavy atom. The van der Waals surface area contributed by atoms with E-state index in [1.807, 2.05) is 0 Å². The highest BCUT2D eigenvalue weighted by Crippen LogP contribution is 2.53. The molecule has 1 atom stereocenters. The third kappa shape index (κ3) is 2.12. The molecule has 20 heavy (non-hydrogen) atoms. The van der Waals surface area contributed by atoms with Gasteiger partial charge in [-0.25, -0.2) is 0 Å². The van der Waals surface area contributed by atoms with Crippen molar-refractivity contribution in [1.82, 2.24) is 0 Å². The van der Waals surface area contributed by atoms with Gasteiger partial charge in [0.15, 0.2) is 0 Å². The molecular weight excluding hydrogens is 273 g/mol. The Balaban J connectivity index is 1.98. The van der Waals surface area contributed by atoms with Crippen LogP contribution < -0.4 is 0 Å². The molecule has 2 aliphatic rings. The van der Waals surface area contributed by atoms with Crippen LogP contribution in [-0.4, -0.2) is 12.0 Å². The van der Waals surface area contributed by atoms with Crippen LogP contribution in [0, 0.1) is 0 Å². The topological polar surface area (TPSA) is 27.7 Å². The quantitative estimate of drug-likeness (QED) is 0.730. The molecule has 1 spiro atoms. The highest BCUT2D eigenvalue weighted by atomic mass is 19.4. The summed E-state index contributed by atoms with van der Waals surface area (Å²) in [7, 11) is 0. The van der Waals surface area contributed by atoms with Crippen LogP contribution in [0.25, 0.3) is 0 Å². The summed E-state index contributed by atoms with van der Waals surface area (Å²) >= 11 is 0. The van der Waals surface area contributed by atoms with Gasteiger partial charge >= 0.3 is 12.0 Å². The molecule has 6 heteroatoms. The molecule has 0 radical (unpaired) electrons. The second kappa shape index (κ2) is 4.72. The summed E-state index contributed by atoms with van der Waals surface area (Å²) in [5.41, 5.74) is -0.102. The van der Waals surface area contributed by atoms with Gasteiger partial charge in [0.2, 0.25) is 5.79 Å². The Hall–Kier alpha value is -1.11. The maximum absolute atomic E-state index is 13.5. The smallest absolute Gasteiger partial charge is 0.301 e. The summed E-state index contributed by atoms with van der Waals surface area (Å²) in [5, 5.41) is 0. The number of hydrogen-bond donors (Lipinski definition) is 0. The van der Waals surface area contributed by atoms with E-state index in [1.54, 1.807) is 6.07 Å². The van der Waals surface area contributed by atoms with Crippen molar-refractivity contribution in [3.63, 3.8) is 0 Å². The average molecular weight is 288 g/mol. The average Bonchev–Trinajstić information content (AvgIpc) is 2.81. The molecule has 1 unspecified atom stereocenters. The van der Waals surface area contributed by atoms with Gasteiger partial charge in [0.1, 0.15) is 0 Å². The molecule has 2 fully saturated rings. The fourth-order valence-corrected chi connectivity index (χ4v) is 2.74. The molecule has 0 N–H and O–H groups in total. The van der Waals surface area contributed by atoms with Crippen LogP contribution in [0.1, 0.15) is 37.7 Å². The van der Waals surface area contributed by atoms with E-state index in [0.717, 1.165) is 19.3 Å². The predicted molar refractivity (Wildman–Crippen MR) is 63.2 cm³/mol. The lowest BCUT2D eigenvalue weighted by atomic mass is 9.93. The zero-order valence-electron chi connectivity index (χ0n) is 10.8. The highest BCUT2D eigenvalue weighted by Gasteiger charge is 2.68. The zero-order valence-corrected chi connectivity index (χ0v) is 10.8. The van der Waals surface area contributed by atoms with E-state index in [4.69, 9.17) is 14.5 Å². The first-order valence-corrected chi connectivity index (χ1v) is 6.67. The Morgan fingerprint density at radius 1 is 0.900 bits per heavy atom. The molecule has 1 heterocycles. The Bertz CT molecular complexity index is 468. The monoisotopic (exact) mass is 288 g/mol. The van der Waals surface area contributed by atoms with Crippen molar-refractivity contribution < 1.29 is 27.7 Å². The fourth-order valence-electron chi connectivity index (χ4n) is 2.74. The molecular formula is C14H15F3O3. The molecule has 1 aromatic carbocycles. The molecule has 1 aliphatic heterocycles. The minimum atomic E-state index is -4.71. The van der Waals surface area contributed by atoms with E-state index >= 15 is 0 Å². The van der Waals surface area contributed by atoms with Gasteiger partial charge in [-0.15, -0.1) is 0 Å². The van der Waals surface area contributed by atoms with Crippen molar-refractivity contribution >= 4 is 0 Å². The van der Waals surface area contributed by atoms with Crippen molar-refractivity contribution in [2.45, 2.75) is 49.9 Å². The molecule has 0 aromatic heterocycles. The number of benzene rings is 1. The van der Waals surface area contributed by atoms with Crippen LogP contribution in [0.3, 0.4) is 0 Å².